The Morgan fingerprint density at radius 1 is 1.12 bits per heavy atom. The maximum absolute atomic E-state index is 13.0. The van der Waals surface area contributed by atoms with Crippen molar-refractivity contribution in [1.82, 2.24) is 0 Å². The average molecular weight is 340 g/mol. The lowest BCUT2D eigenvalue weighted by Crippen LogP contribution is -2.47. The van der Waals surface area contributed by atoms with Crippen LogP contribution in [-0.4, -0.2) is 17.4 Å². The van der Waals surface area contributed by atoms with E-state index in [1.165, 1.54) is 5.56 Å². The highest BCUT2D eigenvalue weighted by Crippen LogP contribution is 2.20. The predicted molar refractivity (Wildman–Crippen MR) is 100 cm³/mol. The van der Waals surface area contributed by atoms with Crippen molar-refractivity contribution < 1.29 is 9.36 Å². The van der Waals surface area contributed by atoms with Crippen LogP contribution < -0.4 is 4.57 Å². The van der Waals surface area contributed by atoms with Crippen molar-refractivity contribution in [2.24, 2.45) is 4.99 Å². The van der Waals surface area contributed by atoms with Crippen LogP contribution in [0.15, 0.2) is 59.9 Å². The Labute approximate surface area is 149 Å². The van der Waals surface area contributed by atoms with Crippen LogP contribution >= 0.6 is 0 Å². The Hall–Kier alpha value is -2.07. The van der Waals surface area contributed by atoms with Gasteiger partial charge in [-0.2, -0.15) is 4.57 Å². The quantitative estimate of drug-likeness (QED) is 0.252. The summed E-state index contributed by atoms with van der Waals surface area (Å²) in [5, 5.41) is 0.421. The minimum absolute atomic E-state index is 0.0240. The van der Waals surface area contributed by atoms with E-state index in [0.29, 0.717) is 23.1 Å². The molecule has 126 valence electrons. The Morgan fingerprint density at radius 2 is 1.75 bits per heavy atom. The van der Waals surface area contributed by atoms with Gasteiger partial charge in [0.15, 0.2) is 12.4 Å². The first kappa shape index (κ1) is 18.3. The van der Waals surface area contributed by atoms with Crippen LogP contribution in [0.2, 0.25) is 0 Å². The van der Waals surface area contributed by atoms with Gasteiger partial charge in [0.05, 0.1) is 0 Å². The molecule has 1 heterocycles. The van der Waals surface area contributed by atoms with Crippen LogP contribution in [0.3, 0.4) is 0 Å². The Kier molecular flexibility index (Phi) is 6.62. The van der Waals surface area contributed by atoms with Gasteiger partial charge in [-0.05, 0) is 29.9 Å². The number of benzene rings is 1. The normalized spacial score (nSPS) is 14.2. The van der Waals surface area contributed by atoms with Crippen LogP contribution in [0.25, 0.3) is 0 Å². The molecule has 24 heavy (non-hydrogen) atoms. The van der Waals surface area contributed by atoms with Gasteiger partial charge in [0, 0.05) is 24.2 Å². The molecule has 4 heteroatoms. The monoisotopic (exact) mass is 340 g/mol. The molecular formula is C20H24N2OS. The van der Waals surface area contributed by atoms with E-state index in [2.05, 4.69) is 18.8 Å². The van der Waals surface area contributed by atoms with E-state index < -0.39 is 6.04 Å². The summed E-state index contributed by atoms with van der Waals surface area (Å²) in [5.74, 6) is 0.466. The van der Waals surface area contributed by atoms with E-state index in [1.54, 1.807) is 0 Å². The fraction of sp³-hybridized carbons (Fsp3) is 0.350. The smallest absolute Gasteiger partial charge is 0.237 e. The minimum atomic E-state index is -0.574. The first-order valence-electron chi connectivity index (χ1n) is 8.39. The molecule has 0 aliphatic heterocycles. The molecule has 1 aromatic carbocycles. The number of ketones is 1. The van der Waals surface area contributed by atoms with E-state index in [-0.39, 0.29) is 5.78 Å². The molecule has 3 nitrogen and oxygen atoms in total. The third kappa shape index (κ3) is 4.26. The summed E-state index contributed by atoms with van der Waals surface area (Å²) >= 11 is 5.41. The first-order chi connectivity index (χ1) is 11.6. The standard InChI is InChI=1S/C20H24N2OS/c1-4-15(3)16-9-11-17(12-10-16)19(23)18(20(24)21-5-2)22-13-7-6-8-14-22/h6-15,18H,4-5H2,1-3H3/t15-,18-/m1/s1. The number of aromatic nitrogens is 1. The molecule has 0 radical (unpaired) electrons. The minimum Gasteiger partial charge on any atom is -0.758 e. The summed E-state index contributed by atoms with van der Waals surface area (Å²) in [4.78, 5) is 17.3. The van der Waals surface area contributed by atoms with E-state index in [0.717, 1.165) is 6.42 Å². The summed E-state index contributed by atoms with van der Waals surface area (Å²) in [7, 11) is 0. The lowest BCUT2D eigenvalue weighted by atomic mass is 9.95. The van der Waals surface area contributed by atoms with Gasteiger partial charge in [-0.25, -0.2) is 0 Å². The summed E-state index contributed by atoms with van der Waals surface area (Å²) in [5.41, 5.74) is 1.91. The number of hydrogen-bond acceptors (Lipinski definition) is 3. The van der Waals surface area contributed by atoms with E-state index in [9.17, 15) is 4.79 Å². The molecule has 2 atom stereocenters. The van der Waals surface area contributed by atoms with Crippen molar-refractivity contribution in [1.29, 1.82) is 0 Å². The van der Waals surface area contributed by atoms with Crippen LogP contribution in [0.5, 0.6) is 0 Å². The van der Waals surface area contributed by atoms with Gasteiger partial charge in [-0.3, -0.25) is 4.79 Å². The largest absolute Gasteiger partial charge is 0.758 e. The zero-order valence-corrected chi connectivity index (χ0v) is 15.3. The van der Waals surface area contributed by atoms with E-state index >= 15 is 0 Å². The molecule has 0 saturated heterocycles. The number of pyridine rings is 1. The van der Waals surface area contributed by atoms with Crippen LogP contribution in [0.1, 0.15) is 55.1 Å². The second kappa shape index (κ2) is 8.69. The van der Waals surface area contributed by atoms with Crippen LogP contribution in [-0.2, 0) is 12.6 Å². The Balaban J connectivity index is 2.36. The maximum atomic E-state index is 13.0. The second-order valence-corrected chi connectivity index (χ2v) is 6.25. The summed E-state index contributed by atoms with van der Waals surface area (Å²) in [6.07, 6.45) is 4.79. The Morgan fingerprint density at radius 3 is 2.29 bits per heavy atom. The highest BCUT2D eigenvalue weighted by Gasteiger charge is 2.27. The molecule has 0 amide bonds. The van der Waals surface area contributed by atoms with Crippen LogP contribution in [0, 0.1) is 0 Å². The fourth-order valence-electron chi connectivity index (χ4n) is 2.57. The molecule has 0 saturated carbocycles. The highest BCUT2D eigenvalue weighted by molar-refractivity contribution is 7.77. The van der Waals surface area contributed by atoms with Crippen LogP contribution in [0.4, 0.5) is 0 Å². The SMILES string of the molecule is CCN=C([S-])[C@@H](C(=O)c1ccc([C@H](C)CC)cc1)[n+]1ccccc1. The summed E-state index contributed by atoms with van der Waals surface area (Å²) < 4.78 is 1.83. The van der Waals surface area contributed by atoms with Crippen molar-refractivity contribution in [2.75, 3.05) is 6.54 Å². The van der Waals surface area contributed by atoms with Gasteiger partial charge >= 0.3 is 0 Å². The number of rotatable bonds is 7. The van der Waals surface area contributed by atoms with Gasteiger partial charge in [0.25, 0.3) is 0 Å². The fourth-order valence-corrected chi connectivity index (χ4v) is 2.93. The maximum Gasteiger partial charge on any atom is 0.237 e. The molecule has 2 rings (SSSR count). The van der Waals surface area contributed by atoms with Gasteiger partial charge in [-0.1, -0.05) is 44.2 Å². The van der Waals surface area contributed by atoms with Crippen molar-refractivity contribution in [2.45, 2.75) is 39.2 Å². The zero-order chi connectivity index (χ0) is 17.5. The lowest BCUT2D eigenvalue weighted by Gasteiger charge is -2.18. The number of Topliss-reactive ketones (excluding diaryl/α,β-unsaturated/α-hetero) is 1. The molecule has 0 N–H and O–H groups in total. The van der Waals surface area contributed by atoms with Crippen molar-refractivity contribution in [3.8, 4) is 0 Å². The second-order valence-electron chi connectivity index (χ2n) is 5.83. The van der Waals surface area contributed by atoms with Crippen molar-refractivity contribution in [3.63, 3.8) is 0 Å². The number of hydrogen-bond donors (Lipinski definition) is 0. The average Bonchev–Trinajstić information content (AvgIpc) is 2.62. The molecule has 2 aromatic rings. The summed E-state index contributed by atoms with van der Waals surface area (Å²) in [6, 6.07) is 13.0. The Bertz CT molecular complexity index is 695. The third-order valence-corrected chi connectivity index (χ3v) is 4.56. The molecule has 0 aliphatic rings. The van der Waals surface area contributed by atoms with Gasteiger partial charge in [-0.15, -0.1) is 0 Å². The number of aliphatic imine (C=N–C) groups is 1. The summed E-state index contributed by atoms with van der Waals surface area (Å²) in [6.45, 7) is 6.85. The number of carbonyl (C=O) groups is 1. The molecule has 0 bridgehead atoms. The third-order valence-electron chi connectivity index (χ3n) is 4.21. The van der Waals surface area contributed by atoms with E-state index in [4.69, 9.17) is 12.6 Å². The van der Waals surface area contributed by atoms with Crippen molar-refractivity contribution in [3.05, 3.63) is 66.0 Å². The number of carbonyl (C=O) groups excluding carboxylic acids is 1. The molecule has 0 spiro atoms. The first-order valence-corrected chi connectivity index (χ1v) is 8.80. The topological polar surface area (TPSA) is 33.3 Å². The number of nitrogens with zero attached hydrogens (tertiary/aromatic N) is 2. The van der Waals surface area contributed by atoms with Gasteiger partial charge in [0.1, 0.15) is 0 Å². The molecule has 0 fully saturated rings. The van der Waals surface area contributed by atoms with E-state index in [1.807, 2.05) is 66.3 Å². The highest BCUT2D eigenvalue weighted by atomic mass is 32.1. The molecule has 0 unspecified atom stereocenters. The van der Waals surface area contributed by atoms with Gasteiger partial charge < -0.3 is 17.6 Å². The molecular weight excluding hydrogens is 316 g/mol. The zero-order valence-electron chi connectivity index (χ0n) is 14.5. The molecule has 1 aromatic heterocycles. The predicted octanol–water partition coefficient (Wildman–Crippen LogP) is 3.88. The van der Waals surface area contributed by atoms with Gasteiger partial charge in [0.2, 0.25) is 11.8 Å². The molecule has 0 aliphatic carbocycles. The lowest BCUT2D eigenvalue weighted by molar-refractivity contribution is -0.691. The van der Waals surface area contributed by atoms with Crippen molar-refractivity contribution >= 4 is 23.5 Å².